The third-order valence-electron chi connectivity index (χ3n) is 4.53. The first kappa shape index (κ1) is 19.4. The molecule has 0 radical (unpaired) electrons. The number of aryl methyl sites for hydroxylation is 2. The molecule has 1 aromatic heterocycles. The van der Waals surface area contributed by atoms with E-state index in [-0.39, 0.29) is 11.8 Å². The smallest absolute Gasteiger partial charge is 0.255 e. The van der Waals surface area contributed by atoms with Gasteiger partial charge in [-0.1, -0.05) is 12.1 Å². The summed E-state index contributed by atoms with van der Waals surface area (Å²) in [5.41, 5.74) is 5.13. The van der Waals surface area contributed by atoms with E-state index >= 15 is 0 Å². The number of benzene rings is 2. The summed E-state index contributed by atoms with van der Waals surface area (Å²) in [6.07, 6.45) is 0. The zero-order valence-electron chi connectivity index (χ0n) is 16.6. The van der Waals surface area contributed by atoms with E-state index in [1.165, 1.54) is 6.92 Å². The zero-order chi connectivity index (χ0) is 20.3. The molecule has 6 nitrogen and oxygen atoms in total. The van der Waals surface area contributed by atoms with Crippen LogP contribution in [0.5, 0.6) is 0 Å². The molecule has 1 heterocycles. The van der Waals surface area contributed by atoms with Gasteiger partial charge in [0.25, 0.3) is 5.91 Å². The van der Waals surface area contributed by atoms with Crippen molar-refractivity contribution in [1.29, 1.82) is 0 Å². The standard InChI is InChI=1S/C22H24N4O2/c1-15-12-16(2)26(24-15)21-10-8-19(9-11-21)22(28)23-20-7-5-6-18(13-20)14-25(4)17(3)27/h5-13H,14H2,1-4H3,(H,23,28). The molecular weight excluding hydrogens is 352 g/mol. The molecule has 28 heavy (non-hydrogen) atoms. The predicted molar refractivity (Wildman–Crippen MR) is 110 cm³/mol. The quantitative estimate of drug-likeness (QED) is 0.738. The van der Waals surface area contributed by atoms with Gasteiger partial charge in [0.15, 0.2) is 0 Å². The van der Waals surface area contributed by atoms with Crippen LogP contribution in [0.2, 0.25) is 0 Å². The molecule has 0 atom stereocenters. The Morgan fingerprint density at radius 2 is 1.79 bits per heavy atom. The van der Waals surface area contributed by atoms with Crippen molar-refractivity contribution < 1.29 is 9.59 Å². The molecule has 0 saturated carbocycles. The second-order valence-corrected chi connectivity index (χ2v) is 6.92. The number of anilines is 1. The Morgan fingerprint density at radius 1 is 1.07 bits per heavy atom. The van der Waals surface area contributed by atoms with Gasteiger partial charge in [-0.15, -0.1) is 0 Å². The molecule has 144 valence electrons. The monoisotopic (exact) mass is 376 g/mol. The number of nitrogens with one attached hydrogen (secondary N) is 1. The molecule has 0 fully saturated rings. The highest BCUT2D eigenvalue weighted by atomic mass is 16.2. The lowest BCUT2D eigenvalue weighted by Gasteiger charge is -2.15. The van der Waals surface area contributed by atoms with Crippen LogP contribution in [-0.4, -0.2) is 33.5 Å². The molecule has 0 aliphatic rings. The topological polar surface area (TPSA) is 67.2 Å². The van der Waals surface area contributed by atoms with E-state index in [1.54, 1.807) is 24.1 Å². The van der Waals surface area contributed by atoms with Gasteiger partial charge in [0, 0.05) is 37.5 Å². The first-order valence-electron chi connectivity index (χ1n) is 9.09. The summed E-state index contributed by atoms with van der Waals surface area (Å²) in [6.45, 7) is 5.97. The number of nitrogens with zero attached hydrogens (tertiary/aromatic N) is 3. The Labute approximate surface area is 164 Å². The van der Waals surface area contributed by atoms with E-state index in [0.29, 0.717) is 17.8 Å². The Kier molecular flexibility index (Phi) is 5.59. The molecule has 0 bridgehead atoms. The van der Waals surface area contributed by atoms with E-state index < -0.39 is 0 Å². The van der Waals surface area contributed by atoms with Crippen molar-refractivity contribution in [2.24, 2.45) is 0 Å². The number of hydrogen-bond acceptors (Lipinski definition) is 3. The van der Waals surface area contributed by atoms with Gasteiger partial charge in [-0.2, -0.15) is 5.10 Å². The van der Waals surface area contributed by atoms with E-state index in [1.807, 2.05) is 61.0 Å². The first-order chi connectivity index (χ1) is 13.3. The predicted octanol–water partition coefficient (Wildman–Crippen LogP) is 3.72. The van der Waals surface area contributed by atoms with Gasteiger partial charge in [0.1, 0.15) is 0 Å². The van der Waals surface area contributed by atoms with Crippen LogP contribution < -0.4 is 5.32 Å². The second kappa shape index (κ2) is 8.08. The van der Waals surface area contributed by atoms with Crippen molar-refractivity contribution in [2.75, 3.05) is 12.4 Å². The summed E-state index contributed by atoms with van der Waals surface area (Å²) >= 11 is 0. The maximum absolute atomic E-state index is 12.6. The minimum absolute atomic E-state index is 0.00265. The first-order valence-corrected chi connectivity index (χ1v) is 9.09. The van der Waals surface area contributed by atoms with Crippen LogP contribution in [0.4, 0.5) is 5.69 Å². The highest BCUT2D eigenvalue weighted by Gasteiger charge is 2.09. The van der Waals surface area contributed by atoms with Crippen LogP contribution in [0, 0.1) is 13.8 Å². The lowest BCUT2D eigenvalue weighted by atomic mass is 10.1. The molecule has 2 aromatic carbocycles. The second-order valence-electron chi connectivity index (χ2n) is 6.92. The van der Waals surface area contributed by atoms with Crippen molar-refractivity contribution in [3.05, 3.63) is 77.1 Å². The van der Waals surface area contributed by atoms with E-state index in [2.05, 4.69) is 10.4 Å². The van der Waals surface area contributed by atoms with Crippen molar-refractivity contribution in [2.45, 2.75) is 27.3 Å². The number of aromatic nitrogens is 2. The lowest BCUT2D eigenvalue weighted by Crippen LogP contribution is -2.23. The number of hydrogen-bond donors (Lipinski definition) is 1. The van der Waals surface area contributed by atoms with Crippen LogP contribution in [0.3, 0.4) is 0 Å². The van der Waals surface area contributed by atoms with Gasteiger partial charge in [0.05, 0.1) is 11.4 Å². The summed E-state index contributed by atoms with van der Waals surface area (Å²) in [5, 5.41) is 7.37. The fourth-order valence-electron chi connectivity index (χ4n) is 2.98. The summed E-state index contributed by atoms with van der Waals surface area (Å²) in [5.74, 6) is -0.186. The maximum atomic E-state index is 12.6. The average Bonchev–Trinajstić information content (AvgIpc) is 3.00. The molecule has 0 aliphatic carbocycles. The fraction of sp³-hybridized carbons (Fsp3) is 0.227. The number of carbonyl (C=O) groups is 2. The SMILES string of the molecule is CC(=O)N(C)Cc1cccc(NC(=O)c2ccc(-n3nc(C)cc3C)cc2)c1. The van der Waals surface area contributed by atoms with E-state index in [4.69, 9.17) is 0 Å². The van der Waals surface area contributed by atoms with Crippen molar-refractivity contribution in [3.63, 3.8) is 0 Å². The number of rotatable bonds is 5. The Hall–Kier alpha value is -3.41. The van der Waals surface area contributed by atoms with Gasteiger partial charge >= 0.3 is 0 Å². The normalized spacial score (nSPS) is 10.6. The number of amides is 2. The summed E-state index contributed by atoms with van der Waals surface area (Å²) in [4.78, 5) is 25.6. The molecular formula is C22H24N4O2. The van der Waals surface area contributed by atoms with Gasteiger partial charge in [-0.05, 0) is 61.9 Å². The summed E-state index contributed by atoms with van der Waals surface area (Å²) < 4.78 is 1.85. The third-order valence-corrected chi connectivity index (χ3v) is 4.53. The van der Waals surface area contributed by atoms with E-state index in [9.17, 15) is 9.59 Å². The average molecular weight is 376 g/mol. The molecule has 0 saturated heterocycles. The minimum atomic E-state index is -0.183. The summed E-state index contributed by atoms with van der Waals surface area (Å²) in [6, 6.07) is 16.9. The highest BCUT2D eigenvalue weighted by Crippen LogP contribution is 2.16. The summed E-state index contributed by atoms with van der Waals surface area (Å²) in [7, 11) is 1.75. The highest BCUT2D eigenvalue weighted by molar-refractivity contribution is 6.04. The molecule has 6 heteroatoms. The molecule has 0 aliphatic heterocycles. The van der Waals surface area contributed by atoms with Gasteiger partial charge in [-0.3, -0.25) is 9.59 Å². The van der Waals surface area contributed by atoms with Crippen LogP contribution in [0.15, 0.2) is 54.6 Å². The van der Waals surface area contributed by atoms with Crippen molar-refractivity contribution in [1.82, 2.24) is 14.7 Å². The number of carbonyl (C=O) groups excluding carboxylic acids is 2. The molecule has 1 N–H and O–H groups in total. The van der Waals surface area contributed by atoms with Gasteiger partial charge in [-0.25, -0.2) is 4.68 Å². The Bertz CT molecular complexity index is 1010. The van der Waals surface area contributed by atoms with Crippen molar-refractivity contribution in [3.8, 4) is 5.69 Å². The lowest BCUT2D eigenvalue weighted by molar-refractivity contribution is -0.128. The molecule has 2 amide bonds. The van der Waals surface area contributed by atoms with Crippen LogP contribution >= 0.6 is 0 Å². The van der Waals surface area contributed by atoms with E-state index in [0.717, 1.165) is 22.6 Å². The van der Waals surface area contributed by atoms with Gasteiger partial charge in [0.2, 0.25) is 5.91 Å². The van der Waals surface area contributed by atoms with Crippen LogP contribution in [0.25, 0.3) is 5.69 Å². The zero-order valence-corrected chi connectivity index (χ0v) is 16.6. The third kappa shape index (κ3) is 4.46. The minimum Gasteiger partial charge on any atom is -0.342 e. The van der Waals surface area contributed by atoms with Crippen LogP contribution in [-0.2, 0) is 11.3 Å². The Balaban J connectivity index is 1.71. The molecule has 0 spiro atoms. The molecule has 0 unspecified atom stereocenters. The largest absolute Gasteiger partial charge is 0.342 e. The van der Waals surface area contributed by atoms with Crippen LogP contribution in [0.1, 0.15) is 34.2 Å². The molecule has 3 aromatic rings. The van der Waals surface area contributed by atoms with Gasteiger partial charge < -0.3 is 10.2 Å². The maximum Gasteiger partial charge on any atom is 0.255 e. The Morgan fingerprint density at radius 3 is 2.39 bits per heavy atom. The van der Waals surface area contributed by atoms with Crippen molar-refractivity contribution >= 4 is 17.5 Å². The fourth-order valence-corrected chi connectivity index (χ4v) is 2.98. The molecule has 3 rings (SSSR count).